The lowest BCUT2D eigenvalue weighted by Gasteiger charge is -2.20. The smallest absolute Gasteiger partial charge is 0.387 e. The Morgan fingerprint density at radius 3 is 2.87 bits per heavy atom. The molecule has 0 bridgehead atoms. The second-order valence-corrected chi connectivity index (χ2v) is 6.22. The number of alkyl halides is 2. The molecule has 1 atom stereocenters. The van der Waals surface area contributed by atoms with E-state index < -0.39 is 6.61 Å². The lowest BCUT2D eigenvalue weighted by atomic mass is 10.2. The zero-order valence-electron chi connectivity index (χ0n) is 12.4. The Morgan fingerprint density at radius 2 is 2.17 bits per heavy atom. The molecule has 0 radical (unpaired) electrons. The van der Waals surface area contributed by atoms with Gasteiger partial charge >= 0.3 is 6.61 Å². The summed E-state index contributed by atoms with van der Waals surface area (Å²) in [5.74, 6) is -0.109. The molecule has 0 unspecified atom stereocenters. The molecule has 2 heterocycles. The summed E-state index contributed by atoms with van der Waals surface area (Å²) in [6.07, 6.45) is 4.11. The molecule has 0 saturated carbocycles. The maximum absolute atomic E-state index is 12.6. The van der Waals surface area contributed by atoms with Gasteiger partial charge in [0.05, 0.1) is 10.9 Å². The van der Waals surface area contributed by atoms with Gasteiger partial charge in [0, 0.05) is 26.0 Å². The Morgan fingerprint density at radius 1 is 1.39 bits per heavy atom. The molecule has 1 aliphatic heterocycles. The number of halogens is 2. The second kappa shape index (κ2) is 6.57. The number of aromatic nitrogens is 2. The van der Waals surface area contributed by atoms with Crippen molar-refractivity contribution in [2.24, 2.45) is 7.05 Å². The molecular formula is C15H15F2N3O2S. The fourth-order valence-electron chi connectivity index (χ4n) is 2.47. The zero-order chi connectivity index (χ0) is 16.4. The number of nitrogens with zero attached hydrogens (tertiary/aromatic N) is 3. The molecule has 1 amide bonds. The quantitative estimate of drug-likeness (QED) is 0.840. The maximum atomic E-state index is 12.6. The number of benzene rings is 1. The van der Waals surface area contributed by atoms with Crippen molar-refractivity contribution in [3.8, 4) is 5.75 Å². The minimum atomic E-state index is -2.92. The summed E-state index contributed by atoms with van der Waals surface area (Å²) in [5, 5.41) is 0.470. The number of thioether (sulfide) groups is 1. The molecule has 8 heteroatoms. The summed E-state index contributed by atoms with van der Waals surface area (Å²) < 4.78 is 31.4. The SMILES string of the molecule is Cn1ccnc1S[C@@H]1CCN(c2ccccc2OC(F)F)C1=O. The number of anilines is 1. The summed E-state index contributed by atoms with van der Waals surface area (Å²) in [6, 6.07) is 6.35. The van der Waals surface area contributed by atoms with Crippen molar-refractivity contribution in [3.63, 3.8) is 0 Å². The molecule has 2 aromatic rings. The van der Waals surface area contributed by atoms with Crippen molar-refractivity contribution in [2.45, 2.75) is 23.4 Å². The third-order valence-electron chi connectivity index (χ3n) is 3.55. The molecule has 3 rings (SSSR count). The van der Waals surface area contributed by atoms with Crippen LogP contribution in [0.5, 0.6) is 5.75 Å². The standard InChI is InChI=1S/C15H15F2N3O2S/c1-19-9-7-18-15(19)23-12-6-8-20(13(12)21)10-4-2-3-5-11(10)22-14(16)17/h2-5,7,9,12,14H,6,8H2,1H3/t12-/m1/s1. The number of hydrogen-bond acceptors (Lipinski definition) is 4. The number of ether oxygens (including phenoxy) is 1. The lowest BCUT2D eigenvalue weighted by Crippen LogP contribution is -2.28. The fraction of sp³-hybridized carbons (Fsp3) is 0.333. The molecule has 23 heavy (non-hydrogen) atoms. The van der Waals surface area contributed by atoms with Gasteiger partial charge in [-0.1, -0.05) is 23.9 Å². The highest BCUT2D eigenvalue weighted by atomic mass is 32.2. The normalized spacial score (nSPS) is 18.0. The second-order valence-electron chi connectivity index (χ2n) is 5.05. The molecule has 1 aromatic carbocycles. The number of carbonyl (C=O) groups is 1. The lowest BCUT2D eigenvalue weighted by molar-refractivity contribution is -0.116. The van der Waals surface area contributed by atoms with Crippen molar-refractivity contribution in [2.75, 3.05) is 11.4 Å². The first-order valence-corrected chi connectivity index (χ1v) is 7.93. The molecule has 5 nitrogen and oxygen atoms in total. The van der Waals surface area contributed by atoms with Crippen LogP contribution in [0.3, 0.4) is 0 Å². The number of imidazole rings is 1. The molecule has 1 aromatic heterocycles. The van der Waals surface area contributed by atoms with E-state index in [0.717, 1.165) is 5.16 Å². The van der Waals surface area contributed by atoms with E-state index in [4.69, 9.17) is 0 Å². The van der Waals surface area contributed by atoms with Crippen LogP contribution >= 0.6 is 11.8 Å². The van der Waals surface area contributed by atoms with Crippen molar-refractivity contribution in [1.82, 2.24) is 9.55 Å². The predicted octanol–water partition coefficient (Wildman–Crippen LogP) is 2.92. The van der Waals surface area contributed by atoms with Crippen LogP contribution in [0.25, 0.3) is 0 Å². The van der Waals surface area contributed by atoms with E-state index in [1.54, 1.807) is 24.4 Å². The number of carbonyl (C=O) groups excluding carboxylic acids is 1. The Bertz CT molecular complexity index is 708. The number of amides is 1. The largest absolute Gasteiger partial charge is 0.433 e. The minimum absolute atomic E-state index is 0.0125. The highest BCUT2D eigenvalue weighted by molar-refractivity contribution is 8.00. The minimum Gasteiger partial charge on any atom is -0.433 e. The van der Waals surface area contributed by atoms with Gasteiger partial charge in [-0.05, 0) is 18.6 Å². The third-order valence-corrected chi connectivity index (χ3v) is 4.88. The number of aryl methyl sites for hydroxylation is 1. The summed E-state index contributed by atoms with van der Waals surface area (Å²) in [4.78, 5) is 18.3. The predicted molar refractivity (Wildman–Crippen MR) is 82.9 cm³/mol. The van der Waals surface area contributed by atoms with E-state index in [1.807, 2.05) is 17.8 Å². The molecule has 0 aliphatic carbocycles. The molecule has 0 N–H and O–H groups in total. The van der Waals surface area contributed by atoms with Crippen molar-refractivity contribution in [1.29, 1.82) is 0 Å². The molecule has 1 aliphatic rings. The fourth-order valence-corrected chi connectivity index (χ4v) is 3.53. The molecular weight excluding hydrogens is 324 g/mol. The number of hydrogen-bond donors (Lipinski definition) is 0. The molecule has 1 saturated heterocycles. The Hall–Kier alpha value is -2.09. The van der Waals surface area contributed by atoms with Crippen molar-refractivity contribution in [3.05, 3.63) is 36.7 Å². The summed E-state index contributed by atoms with van der Waals surface area (Å²) in [7, 11) is 1.86. The van der Waals surface area contributed by atoms with Crippen LogP contribution in [0, 0.1) is 0 Å². The first kappa shape index (κ1) is 15.8. The van der Waals surface area contributed by atoms with Crippen molar-refractivity contribution >= 4 is 23.4 Å². The first-order chi connectivity index (χ1) is 11.1. The zero-order valence-corrected chi connectivity index (χ0v) is 13.2. The van der Waals surface area contributed by atoms with Gasteiger partial charge < -0.3 is 14.2 Å². The van der Waals surface area contributed by atoms with E-state index in [9.17, 15) is 13.6 Å². The highest BCUT2D eigenvalue weighted by Gasteiger charge is 2.35. The van der Waals surface area contributed by atoms with Gasteiger partial charge in [-0.15, -0.1) is 0 Å². The van der Waals surface area contributed by atoms with Crippen LogP contribution in [0.4, 0.5) is 14.5 Å². The van der Waals surface area contributed by atoms with Gasteiger partial charge in [0.15, 0.2) is 5.16 Å². The summed E-state index contributed by atoms with van der Waals surface area (Å²) in [6.45, 7) is -2.46. The van der Waals surface area contributed by atoms with Crippen LogP contribution in [0.1, 0.15) is 6.42 Å². The van der Waals surface area contributed by atoms with E-state index in [0.29, 0.717) is 18.7 Å². The van der Waals surface area contributed by atoms with E-state index in [2.05, 4.69) is 9.72 Å². The van der Waals surface area contributed by atoms with Crippen LogP contribution in [-0.4, -0.2) is 33.9 Å². The van der Waals surface area contributed by atoms with Crippen LogP contribution in [-0.2, 0) is 11.8 Å². The first-order valence-electron chi connectivity index (χ1n) is 7.05. The summed E-state index contributed by atoms with van der Waals surface area (Å²) >= 11 is 1.38. The van der Waals surface area contributed by atoms with Gasteiger partial charge in [-0.25, -0.2) is 4.98 Å². The topological polar surface area (TPSA) is 47.4 Å². The molecule has 0 spiro atoms. The van der Waals surface area contributed by atoms with Crippen LogP contribution in [0.15, 0.2) is 41.8 Å². The molecule has 122 valence electrons. The Labute approximate surface area is 136 Å². The van der Waals surface area contributed by atoms with E-state index in [-0.39, 0.29) is 16.9 Å². The van der Waals surface area contributed by atoms with E-state index in [1.165, 1.54) is 22.7 Å². The third kappa shape index (κ3) is 3.31. The Balaban J connectivity index is 1.78. The van der Waals surface area contributed by atoms with Gasteiger partial charge in [0.1, 0.15) is 5.75 Å². The monoisotopic (exact) mass is 339 g/mol. The number of rotatable bonds is 5. The van der Waals surface area contributed by atoms with Gasteiger partial charge in [0.25, 0.3) is 0 Å². The molecule has 1 fully saturated rings. The van der Waals surface area contributed by atoms with Crippen molar-refractivity contribution < 1.29 is 18.3 Å². The average Bonchev–Trinajstić information content (AvgIpc) is 3.07. The van der Waals surface area contributed by atoms with E-state index >= 15 is 0 Å². The Kier molecular flexibility index (Phi) is 4.51. The summed E-state index contributed by atoms with van der Waals surface area (Å²) in [5.41, 5.74) is 0.376. The highest BCUT2D eigenvalue weighted by Crippen LogP contribution is 2.36. The van der Waals surface area contributed by atoms with Gasteiger partial charge in [0.2, 0.25) is 5.91 Å². The van der Waals surface area contributed by atoms with Gasteiger partial charge in [-0.2, -0.15) is 8.78 Å². The van der Waals surface area contributed by atoms with Gasteiger partial charge in [-0.3, -0.25) is 4.79 Å². The number of para-hydroxylation sites is 2. The maximum Gasteiger partial charge on any atom is 0.387 e. The van der Waals surface area contributed by atoms with Crippen LogP contribution < -0.4 is 9.64 Å². The van der Waals surface area contributed by atoms with Crippen LogP contribution in [0.2, 0.25) is 0 Å². The average molecular weight is 339 g/mol.